The fourth-order valence-electron chi connectivity index (χ4n) is 3.37. The number of carbonyl (C=O) groups is 1. The van der Waals surface area contributed by atoms with Gasteiger partial charge in [0.15, 0.2) is 17.4 Å². The van der Waals surface area contributed by atoms with Gasteiger partial charge in [-0.1, -0.05) is 19.8 Å². The summed E-state index contributed by atoms with van der Waals surface area (Å²) in [6.45, 7) is 3.34. The van der Waals surface area contributed by atoms with Gasteiger partial charge in [-0.3, -0.25) is 4.79 Å². The number of halogens is 2. The van der Waals surface area contributed by atoms with Crippen LogP contribution >= 0.6 is 0 Å². The molecule has 0 unspecified atom stereocenters. The molecule has 5 heteroatoms. The highest BCUT2D eigenvalue weighted by Crippen LogP contribution is 2.37. The molecule has 0 spiro atoms. The zero-order chi connectivity index (χ0) is 15.7. The van der Waals surface area contributed by atoms with Crippen molar-refractivity contribution in [1.82, 2.24) is 10.3 Å². The van der Waals surface area contributed by atoms with E-state index < -0.39 is 17.0 Å². The van der Waals surface area contributed by atoms with Gasteiger partial charge in [0.05, 0.1) is 11.1 Å². The average Bonchev–Trinajstić information content (AvgIpc) is 3.18. The van der Waals surface area contributed by atoms with Crippen LogP contribution in [0.15, 0.2) is 18.3 Å². The zero-order valence-electron chi connectivity index (χ0n) is 12.6. The van der Waals surface area contributed by atoms with E-state index in [-0.39, 0.29) is 16.9 Å². The molecule has 1 atom stereocenters. The maximum atomic E-state index is 14.4. The van der Waals surface area contributed by atoms with Crippen molar-refractivity contribution in [3.05, 3.63) is 35.5 Å². The quantitative estimate of drug-likeness (QED) is 0.825. The Morgan fingerprint density at radius 1 is 1.36 bits per heavy atom. The summed E-state index contributed by atoms with van der Waals surface area (Å²) in [6, 6.07) is 3.12. The Labute approximate surface area is 128 Å². The SMILES string of the molecule is CCCC[C@]1(C(=O)c2cc3cc[nH]c3c(F)c2F)CCNC1. The third kappa shape index (κ3) is 2.33. The van der Waals surface area contributed by atoms with E-state index in [0.29, 0.717) is 24.8 Å². The Morgan fingerprint density at radius 3 is 2.86 bits per heavy atom. The summed E-state index contributed by atoms with van der Waals surface area (Å²) < 4.78 is 28.5. The lowest BCUT2D eigenvalue weighted by molar-refractivity contribution is 0.0794. The Morgan fingerprint density at radius 2 is 2.18 bits per heavy atom. The number of Topliss-reactive ketones (excluding diaryl/α,β-unsaturated/α-hetero) is 1. The number of ketones is 1. The predicted octanol–water partition coefficient (Wildman–Crippen LogP) is 3.80. The lowest BCUT2D eigenvalue weighted by Crippen LogP contribution is -2.34. The smallest absolute Gasteiger partial charge is 0.183 e. The topological polar surface area (TPSA) is 44.9 Å². The molecule has 1 aromatic heterocycles. The molecule has 22 heavy (non-hydrogen) atoms. The van der Waals surface area contributed by atoms with Crippen LogP contribution in [0.5, 0.6) is 0 Å². The molecule has 0 aliphatic carbocycles. The maximum absolute atomic E-state index is 14.4. The highest BCUT2D eigenvalue weighted by Gasteiger charge is 2.42. The van der Waals surface area contributed by atoms with Crippen molar-refractivity contribution in [2.45, 2.75) is 32.6 Å². The number of unbranched alkanes of at least 4 members (excludes halogenated alkanes) is 1. The lowest BCUT2D eigenvalue weighted by Gasteiger charge is -2.27. The summed E-state index contributed by atoms with van der Waals surface area (Å²) in [5.74, 6) is -2.28. The van der Waals surface area contributed by atoms with E-state index in [1.54, 1.807) is 12.3 Å². The highest BCUT2D eigenvalue weighted by molar-refractivity contribution is 6.03. The first-order valence-electron chi connectivity index (χ1n) is 7.79. The number of fused-ring (bicyclic) bond motifs is 1. The molecule has 0 bridgehead atoms. The standard InChI is InChI=1S/C17H20F2N2O/c1-2-3-5-17(6-8-20-10-17)16(22)12-9-11-4-7-21-15(11)14(19)13(12)18/h4,7,9,20-21H,2-3,5-6,8,10H2,1H3/t17-/m0/s1. The molecule has 0 amide bonds. The summed E-state index contributed by atoms with van der Waals surface area (Å²) in [4.78, 5) is 15.6. The molecule has 0 saturated carbocycles. The lowest BCUT2D eigenvalue weighted by atomic mass is 9.75. The van der Waals surface area contributed by atoms with Crippen LogP contribution in [-0.2, 0) is 0 Å². The molecule has 3 nitrogen and oxygen atoms in total. The molecule has 2 N–H and O–H groups in total. The molecule has 1 aromatic carbocycles. The van der Waals surface area contributed by atoms with E-state index in [1.165, 1.54) is 6.07 Å². The molecule has 1 aliphatic rings. The van der Waals surface area contributed by atoms with Crippen LogP contribution in [0.3, 0.4) is 0 Å². The van der Waals surface area contributed by atoms with Crippen molar-refractivity contribution in [2.24, 2.45) is 5.41 Å². The number of nitrogens with one attached hydrogen (secondary N) is 2. The van der Waals surface area contributed by atoms with Crippen LogP contribution in [-0.4, -0.2) is 23.9 Å². The number of aromatic amines is 1. The molecule has 3 rings (SSSR count). The van der Waals surface area contributed by atoms with Crippen molar-refractivity contribution in [2.75, 3.05) is 13.1 Å². The van der Waals surface area contributed by atoms with Crippen LogP contribution in [0.4, 0.5) is 8.78 Å². The molecule has 2 heterocycles. The van der Waals surface area contributed by atoms with Gasteiger partial charge in [0.1, 0.15) is 0 Å². The van der Waals surface area contributed by atoms with Gasteiger partial charge in [-0.25, -0.2) is 8.78 Å². The normalized spacial score (nSPS) is 21.6. The molecule has 1 aliphatic heterocycles. The van der Waals surface area contributed by atoms with Gasteiger partial charge < -0.3 is 10.3 Å². The van der Waals surface area contributed by atoms with Crippen molar-refractivity contribution in [1.29, 1.82) is 0 Å². The zero-order valence-corrected chi connectivity index (χ0v) is 12.6. The monoisotopic (exact) mass is 306 g/mol. The maximum Gasteiger partial charge on any atom is 0.183 e. The van der Waals surface area contributed by atoms with E-state index in [4.69, 9.17) is 0 Å². The second-order valence-corrected chi connectivity index (χ2v) is 6.13. The Hall–Kier alpha value is -1.75. The first-order chi connectivity index (χ1) is 10.6. The Balaban J connectivity index is 2.05. The van der Waals surface area contributed by atoms with Gasteiger partial charge in [-0.2, -0.15) is 0 Å². The molecule has 1 saturated heterocycles. The number of rotatable bonds is 5. The fraction of sp³-hybridized carbons (Fsp3) is 0.471. The summed E-state index contributed by atoms with van der Waals surface area (Å²) in [6.07, 6.45) is 4.82. The largest absolute Gasteiger partial charge is 0.359 e. The summed E-state index contributed by atoms with van der Waals surface area (Å²) in [5, 5.41) is 3.72. The van der Waals surface area contributed by atoms with E-state index in [9.17, 15) is 13.6 Å². The van der Waals surface area contributed by atoms with Crippen LogP contribution in [0.1, 0.15) is 43.0 Å². The van der Waals surface area contributed by atoms with Crippen LogP contribution in [0, 0.1) is 17.0 Å². The average molecular weight is 306 g/mol. The Kier molecular flexibility index (Phi) is 4.00. The third-order valence-corrected chi connectivity index (χ3v) is 4.71. The number of H-pyrrole nitrogens is 1. The molecule has 1 fully saturated rings. The highest BCUT2D eigenvalue weighted by atomic mass is 19.2. The third-order valence-electron chi connectivity index (χ3n) is 4.71. The van der Waals surface area contributed by atoms with Crippen LogP contribution < -0.4 is 5.32 Å². The number of benzene rings is 1. The summed E-state index contributed by atoms with van der Waals surface area (Å²) >= 11 is 0. The van der Waals surface area contributed by atoms with Crippen molar-refractivity contribution < 1.29 is 13.6 Å². The summed E-state index contributed by atoms with van der Waals surface area (Å²) in [7, 11) is 0. The minimum Gasteiger partial charge on any atom is -0.359 e. The molecule has 118 valence electrons. The number of carbonyl (C=O) groups excluding carboxylic acids is 1. The minimum atomic E-state index is -1.04. The van der Waals surface area contributed by atoms with Gasteiger partial charge >= 0.3 is 0 Å². The summed E-state index contributed by atoms with van der Waals surface area (Å²) in [5.41, 5.74) is -0.613. The van der Waals surface area contributed by atoms with E-state index >= 15 is 0 Å². The number of aromatic nitrogens is 1. The molecular weight excluding hydrogens is 286 g/mol. The minimum absolute atomic E-state index is 0.112. The van der Waals surface area contributed by atoms with Crippen LogP contribution in [0.2, 0.25) is 0 Å². The predicted molar refractivity (Wildman–Crippen MR) is 82.0 cm³/mol. The van der Waals surface area contributed by atoms with Crippen LogP contribution in [0.25, 0.3) is 10.9 Å². The first-order valence-corrected chi connectivity index (χ1v) is 7.79. The van der Waals surface area contributed by atoms with E-state index in [2.05, 4.69) is 17.2 Å². The first kappa shape index (κ1) is 15.2. The van der Waals surface area contributed by atoms with Gasteiger partial charge in [-0.15, -0.1) is 0 Å². The van der Waals surface area contributed by atoms with E-state index in [0.717, 1.165) is 19.4 Å². The molecular formula is C17H20F2N2O. The van der Waals surface area contributed by atoms with Gasteiger partial charge in [0.2, 0.25) is 0 Å². The van der Waals surface area contributed by atoms with Crippen molar-refractivity contribution >= 4 is 16.7 Å². The second kappa shape index (κ2) is 5.80. The Bertz CT molecular complexity index is 702. The second-order valence-electron chi connectivity index (χ2n) is 6.13. The van der Waals surface area contributed by atoms with Gasteiger partial charge in [-0.05, 0) is 31.5 Å². The fourth-order valence-corrected chi connectivity index (χ4v) is 3.37. The number of hydrogen-bond acceptors (Lipinski definition) is 2. The van der Waals surface area contributed by atoms with Crippen molar-refractivity contribution in [3.63, 3.8) is 0 Å². The van der Waals surface area contributed by atoms with Gasteiger partial charge in [0.25, 0.3) is 0 Å². The molecule has 2 aromatic rings. The number of hydrogen-bond donors (Lipinski definition) is 2. The molecule has 0 radical (unpaired) electrons. The van der Waals surface area contributed by atoms with Crippen molar-refractivity contribution in [3.8, 4) is 0 Å². The van der Waals surface area contributed by atoms with Gasteiger partial charge in [0, 0.05) is 23.5 Å². The van der Waals surface area contributed by atoms with E-state index in [1.807, 2.05) is 0 Å².